The molecule has 0 bridgehead atoms. The molecule has 140 valence electrons. The van der Waals surface area contributed by atoms with Gasteiger partial charge in [0.05, 0.1) is 5.39 Å². The fraction of sp³-hybridized carbons (Fsp3) is 0.0526. The van der Waals surface area contributed by atoms with Crippen LogP contribution < -0.4 is 10.9 Å². The number of carbonyl (C=O) groups excluding carboxylic acids is 1. The third-order valence-corrected chi connectivity index (χ3v) is 5.03. The Labute approximate surface area is 167 Å². The van der Waals surface area contributed by atoms with Crippen LogP contribution in [0.5, 0.6) is 5.75 Å². The number of anilines is 1. The number of nitrogens with one attached hydrogen (secondary N) is 1. The van der Waals surface area contributed by atoms with Crippen LogP contribution in [0.4, 0.5) is 5.13 Å². The fourth-order valence-electron chi connectivity index (χ4n) is 2.66. The Morgan fingerprint density at radius 2 is 1.96 bits per heavy atom. The first kappa shape index (κ1) is 18.1. The molecule has 2 N–H and O–H groups in total. The summed E-state index contributed by atoms with van der Waals surface area (Å²) in [6.07, 6.45) is 0.568. The zero-order valence-corrected chi connectivity index (χ0v) is 15.8. The molecule has 0 atom stereocenters. The maximum atomic E-state index is 12.5. The predicted octanol–water partition coefficient (Wildman–Crippen LogP) is 3.85. The summed E-state index contributed by atoms with van der Waals surface area (Å²) >= 11 is 7.04. The highest BCUT2D eigenvalue weighted by Crippen LogP contribution is 2.29. The molecule has 28 heavy (non-hydrogen) atoms. The smallest absolute Gasteiger partial charge is 0.353 e. The summed E-state index contributed by atoms with van der Waals surface area (Å²) in [5.74, 6) is -1.31. The van der Waals surface area contributed by atoms with Crippen LogP contribution in [-0.4, -0.2) is 21.2 Å². The fourth-order valence-corrected chi connectivity index (χ4v) is 3.60. The molecule has 0 saturated carbocycles. The minimum atomic E-state index is -0.973. The molecule has 0 radical (unpaired) electrons. The number of hydrogen-bond acceptors (Lipinski definition) is 7. The lowest BCUT2D eigenvalue weighted by atomic mass is 10.1. The third-order valence-electron chi connectivity index (χ3n) is 3.95. The van der Waals surface area contributed by atoms with Crippen LogP contribution in [-0.2, 0) is 6.42 Å². The van der Waals surface area contributed by atoms with E-state index in [-0.39, 0.29) is 16.1 Å². The Kier molecular flexibility index (Phi) is 4.81. The van der Waals surface area contributed by atoms with E-state index in [9.17, 15) is 14.7 Å². The van der Waals surface area contributed by atoms with Crippen LogP contribution >= 0.6 is 22.9 Å². The molecule has 0 aliphatic carbocycles. The van der Waals surface area contributed by atoms with Gasteiger partial charge in [-0.15, -0.1) is 10.2 Å². The summed E-state index contributed by atoms with van der Waals surface area (Å²) in [6, 6.07) is 14.1. The lowest BCUT2D eigenvalue weighted by Crippen LogP contribution is -2.21. The molecule has 0 aliphatic heterocycles. The number of benzene rings is 2. The first-order chi connectivity index (χ1) is 13.5. The van der Waals surface area contributed by atoms with E-state index in [0.717, 1.165) is 5.56 Å². The number of rotatable bonds is 4. The van der Waals surface area contributed by atoms with E-state index in [1.165, 1.54) is 29.5 Å². The maximum Gasteiger partial charge on any atom is 0.353 e. The summed E-state index contributed by atoms with van der Waals surface area (Å²) in [7, 11) is 0. The third kappa shape index (κ3) is 3.60. The standard InChI is InChI=1S/C19H12ClN3O4S/c20-11-6-7-12-13(9-11)27-18(26)15(16(12)24)17(25)21-19-23-22-14(28-19)8-10-4-2-1-3-5-10/h1-7,9,24H,8H2,(H,21,23,25). The Hall–Kier alpha value is -3.23. The second-order valence-electron chi connectivity index (χ2n) is 5.87. The Morgan fingerprint density at radius 1 is 1.18 bits per heavy atom. The number of nitrogens with zero attached hydrogens (tertiary/aromatic N) is 2. The van der Waals surface area contributed by atoms with Crippen LogP contribution in [0.3, 0.4) is 0 Å². The Balaban J connectivity index is 1.59. The van der Waals surface area contributed by atoms with E-state index in [2.05, 4.69) is 15.5 Å². The first-order valence-electron chi connectivity index (χ1n) is 8.14. The van der Waals surface area contributed by atoms with Crippen LogP contribution in [0.1, 0.15) is 20.9 Å². The van der Waals surface area contributed by atoms with Gasteiger partial charge in [0.1, 0.15) is 16.3 Å². The van der Waals surface area contributed by atoms with Gasteiger partial charge in [-0.1, -0.05) is 53.3 Å². The Morgan fingerprint density at radius 3 is 2.75 bits per heavy atom. The van der Waals surface area contributed by atoms with Crippen molar-refractivity contribution in [3.63, 3.8) is 0 Å². The number of amides is 1. The minimum absolute atomic E-state index is 0.0904. The van der Waals surface area contributed by atoms with Crippen molar-refractivity contribution in [2.75, 3.05) is 5.32 Å². The number of aromatic nitrogens is 2. The van der Waals surface area contributed by atoms with Gasteiger partial charge in [-0.05, 0) is 17.7 Å². The largest absolute Gasteiger partial charge is 0.506 e. The number of hydrogen-bond donors (Lipinski definition) is 2. The lowest BCUT2D eigenvalue weighted by molar-refractivity contribution is 0.102. The van der Waals surface area contributed by atoms with E-state index >= 15 is 0 Å². The van der Waals surface area contributed by atoms with Gasteiger partial charge in [-0.25, -0.2) is 4.79 Å². The van der Waals surface area contributed by atoms with Gasteiger partial charge in [-0.3, -0.25) is 10.1 Å². The molecule has 0 unspecified atom stereocenters. The highest BCUT2D eigenvalue weighted by Gasteiger charge is 2.22. The molecule has 2 aromatic carbocycles. The van der Waals surface area contributed by atoms with Crippen molar-refractivity contribution in [3.05, 3.63) is 80.1 Å². The van der Waals surface area contributed by atoms with Gasteiger partial charge in [0.25, 0.3) is 5.91 Å². The van der Waals surface area contributed by atoms with Crippen LogP contribution in [0.15, 0.2) is 57.7 Å². The van der Waals surface area contributed by atoms with Crippen LogP contribution in [0.25, 0.3) is 11.0 Å². The molecule has 2 aromatic heterocycles. The molecular formula is C19H12ClN3O4S. The van der Waals surface area contributed by atoms with Crippen molar-refractivity contribution >= 4 is 44.9 Å². The topological polar surface area (TPSA) is 105 Å². The number of fused-ring (bicyclic) bond motifs is 1. The molecule has 0 saturated heterocycles. The lowest BCUT2D eigenvalue weighted by Gasteiger charge is -2.06. The molecule has 1 amide bonds. The number of aromatic hydroxyl groups is 1. The average Bonchev–Trinajstić information content (AvgIpc) is 3.09. The molecule has 4 aromatic rings. The monoisotopic (exact) mass is 413 g/mol. The molecule has 9 heteroatoms. The van der Waals surface area contributed by atoms with Gasteiger partial charge in [0, 0.05) is 17.5 Å². The van der Waals surface area contributed by atoms with Crippen molar-refractivity contribution in [2.45, 2.75) is 6.42 Å². The second kappa shape index (κ2) is 7.41. The Bertz CT molecular complexity index is 1240. The SMILES string of the molecule is O=C(Nc1nnc(Cc2ccccc2)s1)c1c(O)c2ccc(Cl)cc2oc1=O. The van der Waals surface area contributed by atoms with Crippen molar-refractivity contribution in [1.82, 2.24) is 10.2 Å². The highest BCUT2D eigenvalue weighted by atomic mass is 35.5. The van der Waals surface area contributed by atoms with Crippen LogP contribution in [0.2, 0.25) is 5.02 Å². The van der Waals surface area contributed by atoms with Crippen molar-refractivity contribution in [1.29, 1.82) is 0 Å². The highest BCUT2D eigenvalue weighted by molar-refractivity contribution is 7.15. The summed E-state index contributed by atoms with van der Waals surface area (Å²) in [5.41, 5.74) is -0.330. The van der Waals surface area contributed by atoms with Gasteiger partial charge in [0.2, 0.25) is 5.13 Å². The average molecular weight is 414 g/mol. The van der Waals surface area contributed by atoms with Gasteiger partial charge in [-0.2, -0.15) is 0 Å². The molecule has 7 nitrogen and oxygen atoms in total. The van der Waals surface area contributed by atoms with Gasteiger partial charge >= 0.3 is 5.63 Å². The van der Waals surface area contributed by atoms with Crippen molar-refractivity contribution < 1.29 is 14.3 Å². The van der Waals surface area contributed by atoms with E-state index in [1.54, 1.807) is 0 Å². The number of halogens is 1. The molecule has 0 spiro atoms. The predicted molar refractivity (Wildman–Crippen MR) is 106 cm³/mol. The molecule has 2 heterocycles. The normalized spacial score (nSPS) is 10.9. The quantitative estimate of drug-likeness (QED) is 0.492. The summed E-state index contributed by atoms with van der Waals surface area (Å²) < 4.78 is 5.10. The molecule has 0 aliphatic rings. The van der Waals surface area contributed by atoms with E-state index in [4.69, 9.17) is 16.0 Å². The second-order valence-corrected chi connectivity index (χ2v) is 7.37. The summed E-state index contributed by atoms with van der Waals surface area (Å²) in [5, 5.41) is 22.3. The number of carbonyl (C=O) groups is 1. The zero-order chi connectivity index (χ0) is 19.7. The van der Waals surface area contributed by atoms with E-state index < -0.39 is 22.8 Å². The summed E-state index contributed by atoms with van der Waals surface area (Å²) in [4.78, 5) is 24.7. The maximum absolute atomic E-state index is 12.5. The zero-order valence-electron chi connectivity index (χ0n) is 14.2. The first-order valence-corrected chi connectivity index (χ1v) is 9.33. The van der Waals surface area contributed by atoms with Crippen molar-refractivity contribution in [2.24, 2.45) is 0 Å². The van der Waals surface area contributed by atoms with Crippen molar-refractivity contribution in [3.8, 4) is 5.75 Å². The van der Waals surface area contributed by atoms with E-state index in [1.807, 2.05) is 30.3 Å². The summed E-state index contributed by atoms with van der Waals surface area (Å²) in [6.45, 7) is 0. The molecule has 4 rings (SSSR count). The molecule has 0 fully saturated rings. The van der Waals surface area contributed by atoms with Crippen LogP contribution in [0, 0.1) is 0 Å². The molecular weight excluding hydrogens is 402 g/mol. The van der Waals surface area contributed by atoms with Gasteiger partial charge in [0.15, 0.2) is 5.56 Å². The minimum Gasteiger partial charge on any atom is -0.506 e. The van der Waals surface area contributed by atoms with E-state index in [0.29, 0.717) is 16.5 Å². The van der Waals surface area contributed by atoms with Gasteiger partial charge < -0.3 is 9.52 Å².